The van der Waals surface area contributed by atoms with Crippen LogP contribution in [-0.2, 0) is 11.2 Å². The lowest BCUT2D eigenvalue weighted by Crippen LogP contribution is -2.14. The summed E-state index contributed by atoms with van der Waals surface area (Å²) < 4.78 is 0. The van der Waals surface area contributed by atoms with Gasteiger partial charge in [0.1, 0.15) is 0 Å². The van der Waals surface area contributed by atoms with E-state index in [1.807, 2.05) is 36.4 Å². The van der Waals surface area contributed by atoms with Crippen molar-refractivity contribution in [3.8, 4) is 0 Å². The minimum atomic E-state index is -0.0534. The summed E-state index contributed by atoms with van der Waals surface area (Å²) >= 11 is 0. The number of amides is 1. The van der Waals surface area contributed by atoms with E-state index in [0.717, 1.165) is 17.7 Å². The normalized spacial score (nSPS) is 17.4. The lowest BCUT2D eigenvalue weighted by Gasteiger charge is -2.11. The number of nitrogens with one attached hydrogen (secondary N) is 1. The van der Waals surface area contributed by atoms with E-state index in [9.17, 15) is 4.79 Å². The monoisotopic (exact) mass is 237 g/mol. The predicted molar refractivity (Wildman–Crippen MR) is 72.7 cm³/mol. The summed E-state index contributed by atoms with van der Waals surface area (Å²) in [7, 11) is 0. The summed E-state index contributed by atoms with van der Waals surface area (Å²) in [6, 6.07) is 16.2. The molecule has 0 spiro atoms. The Balaban J connectivity index is 1.94. The van der Waals surface area contributed by atoms with Gasteiger partial charge in [0, 0.05) is 5.69 Å². The Hall–Kier alpha value is -2.09. The number of carbonyl (C=O) groups excluding carboxylic acids is 1. The Morgan fingerprint density at radius 1 is 1.06 bits per heavy atom. The van der Waals surface area contributed by atoms with Crippen LogP contribution in [0.3, 0.4) is 0 Å². The molecule has 0 aliphatic carbocycles. The third-order valence-electron chi connectivity index (χ3n) is 3.60. The molecule has 2 aromatic rings. The van der Waals surface area contributed by atoms with Gasteiger partial charge in [0.25, 0.3) is 0 Å². The van der Waals surface area contributed by atoms with Crippen molar-refractivity contribution in [1.82, 2.24) is 0 Å². The molecule has 1 atom stereocenters. The van der Waals surface area contributed by atoms with E-state index in [1.165, 1.54) is 11.1 Å². The van der Waals surface area contributed by atoms with Crippen LogP contribution in [0.5, 0.6) is 0 Å². The molecular formula is C16H15NO. The fraction of sp³-hybridized carbons (Fsp3) is 0.188. The van der Waals surface area contributed by atoms with Crippen LogP contribution in [0.15, 0.2) is 48.5 Å². The summed E-state index contributed by atoms with van der Waals surface area (Å²) in [6.07, 6.45) is 0.773. The van der Waals surface area contributed by atoms with Crippen molar-refractivity contribution in [1.29, 1.82) is 0 Å². The molecule has 1 N–H and O–H groups in total. The lowest BCUT2D eigenvalue weighted by atomic mass is 9.91. The molecule has 0 unspecified atom stereocenters. The van der Waals surface area contributed by atoms with Crippen LogP contribution in [0, 0.1) is 6.92 Å². The number of anilines is 1. The van der Waals surface area contributed by atoms with E-state index < -0.39 is 0 Å². The number of para-hydroxylation sites is 1. The maximum absolute atomic E-state index is 12.0. The zero-order valence-electron chi connectivity index (χ0n) is 10.3. The maximum atomic E-state index is 12.0. The van der Waals surface area contributed by atoms with Crippen LogP contribution in [0.4, 0.5) is 5.69 Å². The van der Waals surface area contributed by atoms with Crippen LogP contribution >= 0.6 is 0 Å². The van der Waals surface area contributed by atoms with Crippen molar-refractivity contribution in [2.45, 2.75) is 19.3 Å². The molecule has 1 amide bonds. The molecule has 1 aliphatic heterocycles. The minimum Gasteiger partial charge on any atom is -0.325 e. The first kappa shape index (κ1) is 11.0. The molecule has 3 rings (SSSR count). The summed E-state index contributed by atoms with van der Waals surface area (Å²) in [4.78, 5) is 12.0. The molecule has 0 saturated heterocycles. The standard InChI is InChI=1S/C16H15NO/c1-11-6-2-3-7-12(11)10-14-13-8-4-5-9-15(13)17-16(14)18/h2-9,14H,10H2,1H3,(H,17,18)/t14-/m1/s1. The second kappa shape index (κ2) is 4.30. The van der Waals surface area contributed by atoms with Crippen molar-refractivity contribution in [3.05, 3.63) is 65.2 Å². The fourth-order valence-electron chi connectivity index (χ4n) is 2.54. The van der Waals surface area contributed by atoms with Crippen molar-refractivity contribution in [3.63, 3.8) is 0 Å². The summed E-state index contributed by atoms with van der Waals surface area (Å²) in [5.41, 5.74) is 4.57. The zero-order chi connectivity index (χ0) is 12.5. The number of rotatable bonds is 2. The van der Waals surface area contributed by atoms with Crippen LogP contribution < -0.4 is 5.32 Å². The van der Waals surface area contributed by atoms with Gasteiger partial charge in [-0.15, -0.1) is 0 Å². The Labute approximate surface area is 107 Å². The molecule has 0 aromatic heterocycles. The molecule has 0 saturated carbocycles. The van der Waals surface area contributed by atoms with Gasteiger partial charge in [0.05, 0.1) is 5.92 Å². The number of hydrogen-bond donors (Lipinski definition) is 1. The smallest absolute Gasteiger partial charge is 0.232 e. The summed E-state index contributed by atoms with van der Waals surface area (Å²) in [5, 5.41) is 2.95. The molecular weight excluding hydrogens is 222 g/mol. The average Bonchev–Trinajstić information content (AvgIpc) is 2.69. The van der Waals surface area contributed by atoms with Gasteiger partial charge < -0.3 is 5.32 Å². The molecule has 90 valence electrons. The van der Waals surface area contributed by atoms with Crippen LogP contribution in [0.1, 0.15) is 22.6 Å². The first-order valence-corrected chi connectivity index (χ1v) is 6.20. The van der Waals surface area contributed by atoms with E-state index in [-0.39, 0.29) is 11.8 Å². The predicted octanol–water partition coefficient (Wildman–Crippen LogP) is 3.27. The topological polar surface area (TPSA) is 29.1 Å². The van der Waals surface area contributed by atoms with E-state index in [1.54, 1.807) is 0 Å². The van der Waals surface area contributed by atoms with Crippen molar-refractivity contribution < 1.29 is 4.79 Å². The number of benzene rings is 2. The van der Waals surface area contributed by atoms with Gasteiger partial charge in [-0.3, -0.25) is 4.79 Å². The maximum Gasteiger partial charge on any atom is 0.232 e. The molecule has 0 bridgehead atoms. The molecule has 1 aliphatic rings. The highest BCUT2D eigenvalue weighted by atomic mass is 16.2. The Bertz CT molecular complexity index is 604. The Morgan fingerprint density at radius 3 is 2.61 bits per heavy atom. The van der Waals surface area contributed by atoms with E-state index in [2.05, 4.69) is 24.4 Å². The third-order valence-corrected chi connectivity index (χ3v) is 3.60. The summed E-state index contributed by atoms with van der Waals surface area (Å²) in [6.45, 7) is 2.09. The van der Waals surface area contributed by atoms with Gasteiger partial charge in [0.2, 0.25) is 5.91 Å². The second-order valence-electron chi connectivity index (χ2n) is 4.76. The Kier molecular flexibility index (Phi) is 2.63. The van der Waals surface area contributed by atoms with Crippen molar-refractivity contribution >= 4 is 11.6 Å². The second-order valence-corrected chi connectivity index (χ2v) is 4.76. The molecule has 2 heteroatoms. The van der Waals surface area contributed by atoms with Gasteiger partial charge in [-0.05, 0) is 36.1 Å². The third kappa shape index (κ3) is 1.80. The van der Waals surface area contributed by atoms with Crippen molar-refractivity contribution in [2.24, 2.45) is 0 Å². The van der Waals surface area contributed by atoms with Crippen LogP contribution in [-0.4, -0.2) is 5.91 Å². The van der Waals surface area contributed by atoms with Gasteiger partial charge >= 0.3 is 0 Å². The minimum absolute atomic E-state index is 0.0534. The first-order chi connectivity index (χ1) is 8.75. The highest BCUT2D eigenvalue weighted by Crippen LogP contribution is 2.34. The SMILES string of the molecule is Cc1ccccc1C[C@H]1C(=O)Nc2ccccc21. The number of fused-ring (bicyclic) bond motifs is 1. The molecule has 0 fully saturated rings. The van der Waals surface area contributed by atoms with Gasteiger partial charge in [-0.2, -0.15) is 0 Å². The van der Waals surface area contributed by atoms with E-state index in [4.69, 9.17) is 0 Å². The van der Waals surface area contributed by atoms with Crippen LogP contribution in [0.2, 0.25) is 0 Å². The first-order valence-electron chi connectivity index (χ1n) is 6.20. The molecule has 1 heterocycles. The number of hydrogen-bond acceptors (Lipinski definition) is 1. The summed E-state index contributed by atoms with van der Waals surface area (Å²) in [5.74, 6) is 0.0572. The number of carbonyl (C=O) groups is 1. The quantitative estimate of drug-likeness (QED) is 0.853. The molecule has 2 nitrogen and oxygen atoms in total. The van der Waals surface area contributed by atoms with E-state index in [0.29, 0.717) is 0 Å². The molecule has 18 heavy (non-hydrogen) atoms. The molecule has 0 radical (unpaired) electrons. The van der Waals surface area contributed by atoms with Crippen LogP contribution in [0.25, 0.3) is 0 Å². The zero-order valence-corrected chi connectivity index (χ0v) is 10.3. The fourth-order valence-corrected chi connectivity index (χ4v) is 2.54. The number of aryl methyl sites for hydroxylation is 1. The Morgan fingerprint density at radius 2 is 1.78 bits per heavy atom. The highest BCUT2D eigenvalue weighted by Gasteiger charge is 2.30. The highest BCUT2D eigenvalue weighted by molar-refractivity contribution is 6.03. The largest absolute Gasteiger partial charge is 0.325 e. The van der Waals surface area contributed by atoms with Gasteiger partial charge in [-0.1, -0.05) is 42.5 Å². The average molecular weight is 237 g/mol. The van der Waals surface area contributed by atoms with Gasteiger partial charge in [0.15, 0.2) is 0 Å². The van der Waals surface area contributed by atoms with Crippen molar-refractivity contribution in [2.75, 3.05) is 5.32 Å². The van der Waals surface area contributed by atoms with Gasteiger partial charge in [-0.25, -0.2) is 0 Å². The molecule has 2 aromatic carbocycles. The lowest BCUT2D eigenvalue weighted by molar-refractivity contribution is -0.117. The van der Waals surface area contributed by atoms with E-state index >= 15 is 0 Å².